The predicted octanol–water partition coefficient (Wildman–Crippen LogP) is 3.76. The molecule has 3 heteroatoms. The molecule has 104 valence electrons. The molecule has 2 aromatic rings. The molecule has 1 aliphatic heterocycles. The maximum absolute atomic E-state index is 6.04. The maximum Gasteiger partial charge on any atom is 0.0432 e. The van der Waals surface area contributed by atoms with Gasteiger partial charge in [-0.25, -0.2) is 0 Å². The van der Waals surface area contributed by atoms with Crippen LogP contribution in [-0.4, -0.2) is 13.1 Å². The molecule has 0 saturated carbocycles. The van der Waals surface area contributed by atoms with Crippen LogP contribution in [0.5, 0.6) is 0 Å². The van der Waals surface area contributed by atoms with Crippen molar-refractivity contribution in [2.45, 2.75) is 20.0 Å². The molecule has 0 fully saturated rings. The van der Waals surface area contributed by atoms with Gasteiger partial charge in [0.25, 0.3) is 0 Å². The Morgan fingerprint density at radius 1 is 1.20 bits per heavy atom. The van der Waals surface area contributed by atoms with Crippen LogP contribution in [0.15, 0.2) is 42.5 Å². The lowest BCUT2D eigenvalue weighted by Gasteiger charge is -2.25. The minimum Gasteiger partial charge on any atom is -0.366 e. The summed E-state index contributed by atoms with van der Waals surface area (Å²) in [4.78, 5) is 2.45. The van der Waals surface area contributed by atoms with E-state index in [1.807, 2.05) is 12.1 Å². The number of hydrogen-bond acceptors (Lipinski definition) is 2. The van der Waals surface area contributed by atoms with Gasteiger partial charge in [-0.05, 0) is 41.8 Å². The Hall–Kier alpha value is -1.51. The molecule has 0 aromatic heterocycles. The minimum atomic E-state index is 0.809. The largest absolute Gasteiger partial charge is 0.366 e. The van der Waals surface area contributed by atoms with Crippen molar-refractivity contribution in [1.82, 2.24) is 5.32 Å². The molecule has 0 unspecified atom stereocenters. The highest BCUT2D eigenvalue weighted by atomic mass is 35.5. The SMILES string of the molecule is Cc1cc(Cl)ccc1CN1CCNCc2ccccc21. The zero-order valence-corrected chi connectivity index (χ0v) is 12.5. The zero-order valence-electron chi connectivity index (χ0n) is 11.7. The quantitative estimate of drug-likeness (QED) is 0.904. The van der Waals surface area contributed by atoms with Crippen molar-refractivity contribution >= 4 is 17.3 Å². The van der Waals surface area contributed by atoms with Crippen molar-refractivity contribution in [3.05, 3.63) is 64.2 Å². The van der Waals surface area contributed by atoms with Crippen LogP contribution in [0.1, 0.15) is 16.7 Å². The van der Waals surface area contributed by atoms with Crippen LogP contribution < -0.4 is 10.2 Å². The summed E-state index contributed by atoms with van der Waals surface area (Å²) in [6, 6.07) is 14.8. The number of benzene rings is 2. The van der Waals surface area contributed by atoms with Crippen LogP contribution in [0.25, 0.3) is 0 Å². The molecule has 0 saturated heterocycles. The molecule has 20 heavy (non-hydrogen) atoms. The summed E-state index contributed by atoms with van der Waals surface area (Å²) in [5.41, 5.74) is 5.31. The Morgan fingerprint density at radius 3 is 2.90 bits per heavy atom. The van der Waals surface area contributed by atoms with Crippen LogP contribution >= 0.6 is 11.6 Å². The van der Waals surface area contributed by atoms with E-state index in [2.05, 4.69) is 47.5 Å². The highest BCUT2D eigenvalue weighted by Gasteiger charge is 2.15. The molecular formula is C17H19ClN2. The van der Waals surface area contributed by atoms with Gasteiger partial charge in [0.2, 0.25) is 0 Å². The fourth-order valence-corrected chi connectivity index (χ4v) is 2.96. The van der Waals surface area contributed by atoms with Gasteiger partial charge in [-0.1, -0.05) is 35.9 Å². The van der Waals surface area contributed by atoms with Gasteiger partial charge in [0.1, 0.15) is 0 Å². The molecule has 0 bridgehead atoms. The average Bonchev–Trinajstić information content (AvgIpc) is 2.65. The molecule has 2 nitrogen and oxygen atoms in total. The Labute approximate surface area is 125 Å². The second-order valence-corrected chi connectivity index (χ2v) is 5.73. The third-order valence-electron chi connectivity index (χ3n) is 3.87. The summed E-state index contributed by atoms with van der Waals surface area (Å²) in [5, 5.41) is 4.29. The van der Waals surface area contributed by atoms with Crippen LogP contribution in [-0.2, 0) is 13.1 Å². The summed E-state index contributed by atoms with van der Waals surface area (Å²) in [6.45, 7) is 6.05. The molecule has 3 rings (SSSR count). The number of nitrogens with one attached hydrogen (secondary N) is 1. The Balaban J connectivity index is 1.90. The number of fused-ring (bicyclic) bond motifs is 1. The highest BCUT2D eigenvalue weighted by molar-refractivity contribution is 6.30. The molecular weight excluding hydrogens is 268 g/mol. The fraction of sp³-hybridized carbons (Fsp3) is 0.294. The number of nitrogens with zero attached hydrogens (tertiary/aromatic N) is 1. The molecule has 1 heterocycles. The van der Waals surface area contributed by atoms with Gasteiger partial charge in [-0.2, -0.15) is 0 Å². The summed E-state index contributed by atoms with van der Waals surface area (Å²) >= 11 is 6.04. The van der Waals surface area contributed by atoms with Crippen LogP contribution in [0, 0.1) is 6.92 Å². The first kappa shape index (κ1) is 13.5. The van der Waals surface area contributed by atoms with E-state index in [1.54, 1.807) is 0 Å². The van der Waals surface area contributed by atoms with E-state index in [-0.39, 0.29) is 0 Å². The second-order valence-electron chi connectivity index (χ2n) is 5.30. The average molecular weight is 287 g/mol. The molecule has 1 aliphatic rings. The molecule has 0 aliphatic carbocycles. The summed E-state index contributed by atoms with van der Waals surface area (Å²) in [6.07, 6.45) is 0. The monoisotopic (exact) mass is 286 g/mol. The van der Waals surface area contributed by atoms with Gasteiger partial charge in [0.05, 0.1) is 0 Å². The first-order chi connectivity index (χ1) is 9.74. The molecule has 0 radical (unpaired) electrons. The van der Waals surface area contributed by atoms with Gasteiger partial charge in [0, 0.05) is 36.9 Å². The molecule has 0 atom stereocenters. The van der Waals surface area contributed by atoms with Crippen molar-refractivity contribution in [3.8, 4) is 0 Å². The lowest BCUT2D eigenvalue weighted by Crippen LogP contribution is -2.28. The van der Waals surface area contributed by atoms with E-state index in [4.69, 9.17) is 11.6 Å². The summed E-state index contributed by atoms with van der Waals surface area (Å²) < 4.78 is 0. The van der Waals surface area contributed by atoms with Gasteiger partial charge in [-0.15, -0.1) is 0 Å². The highest BCUT2D eigenvalue weighted by Crippen LogP contribution is 2.25. The number of rotatable bonds is 2. The summed E-state index contributed by atoms with van der Waals surface area (Å²) in [7, 11) is 0. The topological polar surface area (TPSA) is 15.3 Å². The van der Waals surface area contributed by atoms with Crippen LogP contribution in [0.3, 0.4) is 0 Å². The van der Waals surface area contributed by atoms with E-state index in [9.17, 15) is 0 Å². The molecule has 1 N–H and O–H groups in total. The molecule has 2 aromatic carbocycles. The van der Waals surface area contributed by atoms with Gasteiger partial charge >= 0.3 is 0 Å². The van der Waals surface area contributed by atoms with Crippen molar-refractivity contribution in [1.29, 1.82) is 0 Å². The number of anilines is 1. The first-order valence-electron chi connectivity index (χ1n) is 7.02. The van der Waals surface area contributed by atoms with E-state index < -0.39 is 0 Å². The molecule has 0 spiro atoms. The van der Waals surface area contributed by atoms with Gasteiger partial charge in [-0.3, -0.25) is 0 Å². The lowest BCUT2D eigenvalue weighted by atomic mass is 10.1. The first-order valence-corrected chi connectivity index (χ1v) is 7.40. The number of halogens is 1. The fourth-order valence-electron chi connectivity index (χ4n) is 2.73. The van der Waals surface area contributed by atoms with Crippen LogP contribution in [0.2, 0.25) is 5.02 Å². The number of hydrogen-bond donors (Lipinski definition) is 1. The Bertz CT molecular complexity index is 610. The second kappa shape index (κ2) is 5.86. The van der Waals surface area contributed by atoms with Crippen molar-refractivity contribution in [2.75, 3.05) is 18.0 Å². The number of aryl methyl sites for hydroxylation is 1. The summed E-state index contributed by atoms with van der Waals surface area (Å²) in [5.74, 6) is 0. The Kier molecular flexibility index (Phi) is 3.95. The van der Waals surface area contributed by atoms with E-state index in [0.29, 0.717) is 0 Å². The third-order valence-corrected chi connectivity index (χ3v) is 4.11. The van der Waals surface area contributed by atoms with E-state index in [0.717, 1.165) is 31.2 Å². The van der Waals surface area contributed by atoms with E-state index >= 15 is 0 Å². The third kappa shape index (κ3) is 2.82. The van der Waals surface area contributed by atoms with Crippen molar-refractivity contribution < 1.29 is 0 Å². The maximum atomic E-state index is 6.04. The Morgan fingerprint density at radius 2 is 2.05 bits per heavy atom. The normalized spacial score (nSPS) is 14.8. The van der Waals surface area contributed by atoms with Crippen molar-refractivity contribution in [2.24, 2.45) is 0 Å². The standard InChI is InChI=1S/C17H19ClN2/c1-13-10-16(18)7-6-15(13)12-20-9-8-19-11-14-4-2-3-5-17(14)20/h2-7,10,19H,8-9,11-12H2,1H3. The lowest BCUT2D eigenvalue weighted by molar-refractivity contribution is 0.688. The predicted molar refractivity (Wildman–Crippen MR) is 85.4 cm³/mol. The van der Waals surface area contributed by atoms with Crippen LogP contribution in [0.4, 0.5) is 5.69 Å². The van der Waals surface area contributed by atoms with Crippen molar-refractivity contribution in [3.63, 3.8) is 0 Å². The minimum absolute atomic E-state index is 0.809. The number of para-hydroxylation sites is 1. The molecule has 0 amide bonds. The smallest absolute Gasteiger partial charge is 0.0432 e. The van der Waals surface area contributed by atoms with Gasteiger partial charge < -0.3 is 10.2 Å². The van der Waals surface area contributed by atoms with E-state index in [1.165, 1.54) is 22.4 Å². The van der Waals surface area contributed by atoms with Gasteiger partial charge in [0.15, 0.2) is 0 Å². The zero-order chi connectivity index (χ0) is 13.9.